The van der Waals surface area contributed by atoms with Crippen LogP contribution in [0.15, 0.2) is 0 Å². The first kappa shape index (κ1) is 12.3. The van der Waals surface area contributed by atoms with E-state index in [1.807, 2.05) is 20.8 Å². The molecular formula is C10H20N2O3. The molecule has 1 rings (SSSR count). The number of carbonyl (C=O) groups is 1. The summed E-state index contributed by atoms with van der Waals surface area (Å²) in [6.45, 7) is 6.90. The van der Waals surface area contributed by atoms with Gasteiger partial charge >= 0.3 is 6.09 Å². The van der Waals surface area contributed by atoms with Crippen molar-refractivity contribution < 1.29 is 14.6 Å². The fraction of sp³-hybridized carbons (Fsp3) is 0.900. The van der Waals surface area contributed by atoms with Crippen molar-refractivity contribution >= 4 is 6.09 Å². The van der Waals surface area contributed by atoms with Gasteiger partial charge in [0.2, 0.25) is 0 Å². The van der Waals surface area contributed by atoms with Crippen molar-refractivity contribution in [2.75, 3.05) is 20.2 Å². The highest BCUT2D eigenvalue weighted by atomic mass is 16.5. The van der Waals surface area contributed by atoms with Crippen LogP contribution in [0.5, 0.6) is 0 Å². The number of aliphatic hydroxyl groups is 1. The Balaban J connectivity index is 2.85. The summed E-state index contributed by atoms with van der Waals surface area (Å²) in [6, 6.07) is -0.211. The molecule has 1 aliphatic rings. The molecule has 0 spiro atoms. The molecule has 88 valence electrons. The monoisotopic (exact) mass is 216 g/mol. The predicted octanol–water partition coefficient (Wildman–Crippen LogP) is 0.186. The maximum absolute atomic E-state index is 11.7. The van der Waals surface area contributed by atoms with Gasteiger partial charge in [-0.25, -0.2) is 4.79 Å². The van der Waals surface area contributed by atoms with E-state index in [2.05, 4.69) is 5.32 Å². The first-order valence-electron chi connectivity index (χ1n) is 5.14. The highest BCUT2D eigenvalue weighted by Crippen LogP contribution is 2.22. The van der Waals surface area contributed by atoms with Gasteiger partial charge in [-0.3, -0.25) is 4.90 Å². The molecule has 5 nitrogen and oxygen atoms in total. The van der Waals surface area contributed by atoms with Gasteiger partial charge in [-0.2, -0.15) is 0 Å². The van der Waals surface area contributed by atoms with Gasteiger partial charge < -0.3 is 15.2 Å². The van der Waals surface area contributed by atoms with Gasteiger partial charge in [-0.15, -0.1) is 0 Å². The number of amides is 1. The maximum atomic E-state index is 11.7. The number of nitrogens with one attached hydrogen (secondary N) is 1. The van der Waals surface area contributed by atoms with Gasteiger partial charge in [0.1, 0.15) is 0 Å². The van der Waals surface area contributed by atoms with E-state index in [9.17, 15) is 9.90 Å². The van der Waals surface area contributed by atoms with Crippen molar-refractivity contribution in [2.45, 2.75) is 38.5 Å². The van der Waals surface area contributed by atoms with Crippen molar-refractivity contribution in [2.24, 2.45) is 0 Å². The molecular weight excluding hydrogens is 196 g/mol. The quantitative estimate of drug-likeness (QED) is 0.656. The molecule has 2 atom stereocenters. The van der Waals surface area contributed by atoms with Crippen LogP contribution in [-0.2, 0) is 4.74 Å². The Labute approximate surface area is 90.4 Å². The van der Waals surface area contributed by atoms with Crippen molar-refractivity contribution in [3.63, 3.8) is 0 Å². The highest BCUT2D eigenvalue weighted by molar-refractivity contribution is 5.69. The smallest absolute Gasteiger partial charge is 0.410 e. The molecule has 1 amide bonds. The third-order valence-electron chi connectivity index (χ3n) is 2.58. The minimum Gasteiger partial charge on any atom is -0.453 e. The number of nitrogens with zero attached hydrogens (tertiary/aromatic N) is 1. The molecule has 0 bridgehead atoms. The van der Waals surface area contributed by atoms with Crippen LogP contribution in [0.3, 0.4) is 0 Å². The number of ether oxygens (including phenoxy) is 1. The van der Waals surface area contributed by atoms with E-state index < -0.39 is 12.2 Å². The lowest BCUT2D eigenvalue weighted by Crippen LogP contribution is -2.55. The predicted molar refractivity (Wildman–Crippen MR) is 56.7 cm³/mol. The Bertz CT molecular complexity index is 237. The Morgan fingerprint density at radius 3 is 2.40 bits per heavy atom. The molecule has 1 heterocycles. The number of rotatable bonds is 1. The highest BCUT2D eigenvalue weighted by Gasteiger charge is 2.40. The van der Waals surface area contributed by atoms with Gasteiger partial charge in [0, 0.05) is 18.6 Å². The van der Waals surface area contributed by atoms with Gasteiger partial charge in [0.15, 0.2) is 0 Å². The number of hydrogen-bond acceptors (Lipinski definition) is 4. The summed E-state index contributed by atoms with van der Waals surface area (Å²) in [5, 5.41) is 12.8. The molecule has 1 fully saturated rings. The zero-order valence-electron chi connectivity index (χ0n) is 9.78. The van der Waals surface area contributed by atoms with Crippen LogP contribution >= 0.6 is 0 Å². The molecule has 0 aliphatic carbocycles. The summed E-state index contributed by atoms with van der Waals surface area (Å²) >= 11 is 0. The zero-order valence-corrected chi connectivity index (χ0v) is 9.78. The molecule has 5 heteroatoms. The van der Waals surface area contributed by atoms with Crippen LogP contribution < -0.4 is 5.32 Å². The average Bonchev–Trinajstić information content (AvgIpc) is 2.50. The van der Waals surface area contributed by atoms with E-state index in [1.54, 1.807) is 4.90 Å². The van der Waals surface area contributed by atoms with Crippen molar-refractivity contribution in [1.82, 2.24) is 10.2 Å². The summed E-state index contributed by atoms with van der Waals surface area (Å²) < 4.78 is 4.75. The van der Waals surface area contributed by atoms with E-state index in [1.165, 1.54) is 7.11 Å². The second-order valence-corrected chi connectivity index (χ2v) is 4.80. The average molecular weight is 216 g/mol. The maximum Gasteiger partial charge on any atom is 0.410 e. The van der Waals surface area contributed by atoms with E-state index in [0.717, 1.165) is 0 Å². The molecule has 0 aromatic heterocycles. The van der Waals surface area contributed by atoms with E-state index in [-0.39, 0.29) is 11.6 Å². The van der Waals surface area contributed by atoms with Crippen LogP contribution in [0.1, 0.15) is 20.8 Å². The van der Waals surface area contributed by atoms with Gasteiger partial charge in [0.05, 0.1) is 19.3 Å². The number of carbonyl (C=O) groups excluding carboxylic acids is 1. The standard InChI is InChI=1S/C10H20N2O3/c1-10(2,3)12(9(14)15-4)7-5-11-6-8(7)13/h7-8,11,13H,5-6H2,1-4H3/t7-,8-/m0/s1. The summed E-state index contributed by atoms with van der Waals surface area (Å²) in [5.74, 6) is 0. The lowest BCUT2D eigenvalue weighted by atomic mass is 10.0. The van der Waals surface area contributed by atoms with Gasteiger partial charge in [-0.05, 0) is 20.8 Å². The molecule has 1 aliphatic heterocycles. The Morgan fingerprint density at radius 2 is 2.07 bits per heavy atom. The normalized spacial score (nSPS) is 26.5. The lowest BCUT2D eigenvalue weighted by molar-refractivity contribution is 0.0218. The van der Waals surface area contributed by atoms with Crippen LogP contribution in [0, 0.1) is 0 Å². The SMILES string of the molecule is COC(=O)N([C@H]1CNC[C@@H]1O)C(C)(C)C. The van der Waals surface area contributed by atoms with Crippen LogP contribution in [0.4, 0.5) is 4.79 Å². The number of hydrogen-bond donors (Lipinski definition) is 2. The summed E-state index contributed by atoms with van der Waals surface area (Å²) in [7, 11) is 1.36. The first-order chi connectivity index (χ1) is 6.88. The molecule has 0 radical (unpaired) electrons. The van der Waals surface area contributed by atoms with Crippen molar-refractivity contribution in [3.8, 4) is 0 Å². The molecule has 0 aromatic carbocycles. The number of β-amino-alcohol motifs (C(OH)–C–C–N with tert-alkyl or cyclic N) is 1. The van der Waals surface area contributed by atoms with Crippen LogP contribution in [0.2, 0.25) is 0 Å². The van der Waals surface area contributed by atoms with Crippen LogP contribution in [0.25, 0.3) is 0 Å². The van der Waals surface area contributed by atoms with Crippen molar-refractivity contribution in [1.29, 1.82) is 0 Å². The summed E-state index contributed by atoms with van der Waals surface area (Å²) in [6.07, 6.45) is -0.918. The van der Waals surface area contributed by atoms with E-state index in [4.69, 9.17) is 4.74 Å². The molecule has 15 heavy (non-hydrogen) atoms. The minimum atomic E-state index is -0.525. The Morgan fingerprint density at radius 1 is 1.47 bits per heavy atom. The molecule has 2 N–H and O–H groups in total. The topological polar surface area (TPSA) is 61.8 Å². The third-order valence-corrected chi connectivity index (χ3v) is 2.58. The fourth-order valence-corrected chi connectivity index (χ4v) is 1.92. The first-order valence-corrected chi connectivity index (χ1v) is 5.14. The largest absolute Gasteiger partial charge is 0.453 e. The summed E-state index contributed by atoms with van der Waals surface area (Å²) in [5.41, 5.74) is -0.356. The number of methoxy groups -OCH3 is 1. The fourth-order valence-electron chi connectivity index (χ4n) is 1.92. The molecule has 0 aromatic rings. The van der Waals surface area contributed by atoms with Crippen molar-refractivity contribution in [3.05, 3.63) is 0 Å². The number of aliphatic hydroxyl groups excluding tert-OH is 1. The Kier molecular flexibility index (Phi) is 3.57. The van der Waals surface area contributed by atoms with Gasteiger partial charge in [-0.1, -0.05) is 0 Å². The van der Waals surface area contributed by atoms with Crippen LogP contribution in [-0.4, -0.2) is 54.0 Å². The molecule has 1 saturated heterocycles. The Hall–Kier alpha value is -0.810. The third kappa shape index (κ3) is 2.60. The molecule has 0 saturated carbocycles. The van der Waals surface area contributed by atoms with Gasteiger partial charge in [0.25, 0.3) is 0 Å². The van der Waals surface area contributed by atoms with E-state index in [0.29, 0.717) is 13.1 Å². The van der Waals surface area contributed by atoms with E-state index >= 15 is 0 Å². The lowest BCUT2D eigenvalue weighted by Gasteiger charge is -2.39. The summed E-state index contributed by atoms with van der Waals surface area (Å²) in [4.78, 5) is 13.3. The molecule has 0 unspecified atom stereocenters. The second-order valence-electron chi connectivity index (χ2n) is 4.80. The minimum absolute atomic E-state index is 0.211. The zero-order chi connectivity index (χ0) is 11.6. The second kappa shape index (κ2) is 4.37.